The summed E-state index contributed by atoms with van der Waals surface area (Å²) in [4.78, 5) is 20.3. The van der Waals surface area contributed by atoms with Crippen LogP contribution in [0, 0.1) is 17.0 Å². The van der Waals surface area contributed by atoms with Crippen molar-refractivity contribution in [1.82, 2.24) is 0 Å². The van der Waals surface area contributed by atoms with E-state index in [4.69, 9.17) is 11.6 Å². The van der Waals surface area contributed by atoms with Crippen molar-refractivity contribution in [3.63, 3.8) is 0 Å². The summed E-state index contributed by atoms with van der Waals surface area (Å²) < 4.78 is 0. The van der Waals surface area contributed by atoms with Crippen LogP contribution in [0.2, 0.25) is 5.02 Å². The average Bonchev–Trinajstić information content (AvgIpc) is 2.02. The molecule has 0 amide bonds. The van der Waals surface area contributed by atoms with Gasteiger partial charge in [-0.15, -0.1) is 0 Å². The van der Waals surface area contributed by atoms with E-state index in [1.54, 1.807) is 6.92 Å². The van der Waals surface area contributed by atoms with E-state index < -0.39 is 4.92 Å². The molecule has 0 aliphatic carbocycles. The number of halogens is 1. The summed E-state index contributed by atoms with van der Waals surface area (Å²) in [6.45, 7) is 1.67. The van der Waals surface area contributed by atoms with Crippen LogP contribution in [-0.4, -0.2) is 11.2 Å². The molecule has 0 aromatic heterocycles. The van der Waals surface area contributed by atoms with Crippen molar-refractivity contribution in [1.29, 1.82) is 0 Å². The Balaban J connectivity index is 3.46. The summed E-state index contributed by atoms with van der Waals surface area (Å²) in [6.07, 6.45) is 0.389. The fraction of sp³-hybridized carbons (Fsp3) is 0.125. The normalized spacial score (nSPS) is 9.69. The molecule has 1 rings (SSSR count). The Hall–Kier alpha value is -1.42. The van der Waals surface area contributed by atoms with Crippen LogP contribution in [0.25, 0.3) is 0 Å². The van der Waals surface area contributed by atoms with Gasteiger partial charge in [0.25, 0.3) is 5.69 Å². The molecular weight excluding hydrogens is 194 g/mol. The minimum atomic E-state index is -0.622. The topological polar surface area (TPSA) is 60.2 Å². The molecule has 0 spiro atoms. The number of nitro groups is 1. The third kappa shape index (κ3) is 1.84. The molecule has 0 atom stereocenters. The molecule has 5 heteroatoms. The number of nitrogens with zero attached hydrogens (tertiary/aromatic N) is 1. The van der Waals surface area contributed by atoms with Gasteiger partial charge in [-0.05, 0) is 18.6 Å². The maximum absolute atomic E-state index is 10.5. The number of aldehydes is 1. The van der Waals surface area contributed by atoms with Crippen molar-refractivity contribution in [3.8, 4) is 0 Å². The van der Waals surface area contributed by atoms with Gasteiger partial charge >= 0.3 is 0 Å². The van der Waals surface area contributed by atoms with E-state index in [1.807, 2.05) is 0 Å². The zero-order chi connectivity index (χ0) is 10.0. The van der Waals surface area contributed by atoms with Crippen LogP contribution in [-0.2, 0) is 0 Å². The van der Waals surface area contributed by atoms with Crippen LogP contribution in [0.15, 0.2) is 12.1 Å². The SMILES string of the molecule is Cc1cc(Cl)c(C=O)c([N+](=O)[O-])c1. The summed E-state index contributed by atoms with van der Waals surface area (Å²) in [5.74, 6) is 0. The first kappa shape index (κ1) is 9.67. The van der Waals surface area contributed by atoms with Gasteiger partial charge in [0.15, 0.2) is 6.29 Å². The lowest BCUT2D eigenvalue weighted by atomic mass is 10.1. The predicted molar refractivity (Wildman–Crippen MR) is 48.2 cm³/mol. The van der Waals surface area contributed by atoms with Gasteiger partial charge in [-0.25, -0.2) is 0 Å². The molecule has 0 radical (unpaired) electrons. The molecule has 0 heterocycles. The highest BCUT2D eigenvalue weighted by molar-refractivity contribution is 6.33. The summed E-state index contributed by atoms with van der Waals surface area (Å²) >= 11 is 5.64. The monoisotopic (exact) mass is 199 g/mol. The van der Waals surface area contributed by atoms with Gasteiger partial charge in [0.2, 0.25) is 0 Å². The number of nitro benzene ring substituents is 1. The Morgan fingerprint density at radius 2 is 2.15 bits per heavy atom. The van der Waals surface area contributed by atoms with Crippen molar-refractivity contribution in [2.24, 2.45) is 0 Å². The van der Waals surface area contributed by atoms with E-state index in [0.717, 1.165) is 0 Å². The molecule has 0 aliphatic heterocycles. The highest BCUT2D eigenvalue weighted by Gasteiger charge is 2.16. The maximum Gasteiger partial charge on any atom is 0.281 e. The lowest BCUT2D eigenvalue weighted by molar-refractivity contribution is -0.385. The summed E-state index contributed by atoms with van der Waals surface area (Å²) in [6, 6.07) is 2.83. The second-order valence-corrected chi connectivity index (χ2v) is 2.96. The van der Waals surface area contributed by atoms with Crippen molar-refractivity contribution < 1.29 is 9.72 Å². The quantitative estimate of drug-likeness (QED) is 0.417. The van der Waals surface area contributed by atoms with Crippen LogP contribution in [0.3, 0.4) is 0 Å². The molecule has 0 saturated carbocycles. The van der Waals surface area contributed by atoms with Gasteiger partial charge in [-0.3, -0.25) is 14.9 Å². The van der Waals surface area contributed by atoms with Gasteiger partial charge in [0.1, 0.15) is 5.56 Å². The van der Waals surface area contributed by atoms with Gasteiger partial charge in [0.05, 0.1) is 9.95 Å². The van der Waals surface area contributed by atoms with E-state index in [9.17, 15) is 14.9 Å². The molecule has 68 valence electrons. The third-order valence-corrected chi connectivity index (χ3v) is 1.88. The summed E-state index contributed by atoms with van der Waals surface area (Å²) in [7, 11) is 0. The maximum atomic E-state index is 10.5. The largest absolute Gasteiger partial charge is 0.298 e. The minimum absolute atomic E-state index is 0.0720. The van der Waals surface area contributed by atoms with Crippen LogP contribution >= 0.6 is 11.6 Å². The van der Waals surface area contributed by atoms with E-state index >= 15 is 0 Å². The van der Waals surface area contributed by atoms with Gasteiger partial charge in [0, 0.05) is 6.07 Å². The lowest BCUT2D eigenvalue weighted by Crippen LogP contribution is -1.95. The first-order valence-corrected chi connectivity index (χ1v) is 3.83. The van der Waals surface area contributed by atoms with Crippen molar-refractivity contribution in [3.05, 3.63) is 38.4 Å². The second-order valence-electron chi connectivity index (χ2n) is 2.55. The molecule has 13 heavy (non-hydrogen) atoms. The molecule has 0 N–H and O–H groups in total. The van der Waals surface area contributed by atoms with E-state index in [0.29, 0.717) is 11.8 Å². The highest BCUT2D eigenvalue weighted by atomic mass is 35.5. The number of carbonyl (C=O) groups is 1. The number of hydrogen-bond acceptors (Lipinski definition) is 3. The Kier molecular flexibility index (Phi) is 2.63. The number of benzene rings is 1. The van der Waals surface area contributed by atoms with Crippen LogP contribution in [0.5, 0.6) is 0 Å². The number of hydrogen-bond donors (Lipinski definition) is 0. The van der Waals surface area contributed by atoms with Gasteiger partial charge in [-0.1, -0.05) is 11.6 Å². The standard InChI is InChI=1S/C8H6ClNO3/c1-5-2-7(9)6(4-11)8(3-5)10(12)13/h2-4H,1H3. The molecule has 4 nitrogen and oxygen atoms in total. The lowest BCUT2D eigenvalue weighted by Gasteiger charge is -1.99. The van der Waals surface area contributed by atoms with Crippen LogP contribution in [0.1, 0.15) is 15.9 Å². The summed E-state index contributed by atoms with van der Waals surface area (Å²) in [5, 5.41) is 10.6. The zero-order valence-corrected chi connectivity index (χ0v) is 7.54. The van der Waals surface area contributed by atoms with E-state index in [-0.39, 0.29) is 16.3 Å². The van der Waals surface area contributed by atoms with E-state index in [2.05, 4.69) is 0 Å². The fourth-order valence-corrected chi connectivity index (χ4v) is 1.32. The van der Waals surface area contributed by atoms with Crippen LogP contribution in [0.4, 0.5) is 5.69 Å². The average molecular weight is 200 g/mol. The first-order valence-electron chi connectivity index (χ1n) is 3.46. The predicted octanol–water partition coefficient (Wildman–Crippen LogP) is 2.37. The Bertz CT molecular complexity index is 376. The Morgan fingerprint density at radius 1 is 1.54 bits per heavy atom. The Labute approximate surface area is 79.3 Å². The Morgan fingerprint density at radius 3 is 2.62 bits per heavy atom. The van der Waals surface area contributed by atoms with E-state index in [1.165, 1.54) is 12.1 Å². The molecule has 1 aromatic rings. The van der Waals surface area contributed by atoms with Crippen molar-refractivity contribution >= 4 is 23.6 Å². The van der Waals surface area contributed by atoms with Crippen molar-refractivity contribution in [2.45, 2.75) is 6.92 Å². The molecule has 0 saturated heterocycles. The first-order chi connectivity index (χ1) is 6.06. The fourth-order valence-electron chi connectivity index (χ4n) is 1.00. The van der Waals surface area contributed by atoms with Crippen LogP contribution < -0.4 is 0 Å². The summed E-state index contributed by atoms with van der Waals surface area (Å²) in [5.41, 5.74) is 0.333. The van der Waals surface area contributed by atoms with Gasteiger partial charge < -0.3 is 0 Å². The smallest absolute Gasteiger partial charge is 0.281 e. The molecule has 0 bridgehead atoms. The molecule has 0 unspecified atom stereocenters. The number of aryl methyl sites for hydroxylation is 1. The molecule has 0 fully saturated rings. The number of rotatable bonds is 2. The third-order valence-electron chi connectivity index (χ3n) is 1.57. The zero-order valence-electron chi connectivity index (χ0n) is 6.78. The number of carbonyl (C=O) groups excluding carboxylic acids is 1. The molecule has 0 aliphatic rings. The van der Waals surface area contributed by atoms with Crippen molar-refractivity contribution in [2.75, 3.05) is 0 Å². The minimum Gasteiger partial charge on any atom is -0.298 e. The molecule has 1 aromatic carbocycles. The highest BCUT2D eigenvalue weighted by Crippen LogP contribution is 2.26. The molecular formula is C8H6ClNO3. The van der Waals surface area contributed by atoms with Gasteiger partial charge in [-0.2, -0.15) is 0 Å². The second kappa shape index (κ2) is 3.53.